The van der Waals surface area contributed by atoms with Gasteiger partial charge < -0.3 is 14.6 Å². The number of benzene rings is 2. The summed E-state index contributed by atoms with van der Waals surface area (Å²) in [6.07, 6.45) is -0.172. The first-order valence-electron chi connectivity index (χ1n) is 7.47. The highest BCUT2D eigenvalue weighted by Crippen LogP contribution is 2.17. The molecule has 118 valence electrons. The van der Waals surface area contributed by atoms with Crippen LogP contribution in [-0.4, -0.2) is 32.7 Å². The van der Waals surface area contributed by atoms with Gasteiger partial charge in [0.1, 0.15) is 5.82 Å². The lowest BCUT2D eigenvalue weighted by Crippen LogP contribution is -2.23. The Bertz CT molecular complexity index is 837. The van der Waals surface area contributed by atoms with Crippen molar-refractivity contribution < 1.29 is 9.90 Å². The molecule has 2 aromatic carbocycles. The zero-order chi connectivity index (χ0) is 16.4. The normalized spacial score (nSPS) is 10.9. The zero-order valence-electron chi connectivity index (χ0n) is 13.2. The summed E-state index contributed by atoms with van der Waals surface area (Å²) in [7, 11) is 3.59. The van der Waals surface area contributed by atoms with Crippen LogP contribution in [0.15, 0.2) is 48.5 Å². The number of nitrogens with zero attached hydrogens (tertiary/aromatic N) is 3. The number of rotatable bonds is 4. The Kier molecular flexibility index (Phi) is 4.02. The second kappa shape index (κ2) is 6.12. The molecule has 0 fully saturated rings. The molecular formula is C18H19N3O2. The molecule has 23 heavy (non-hydrogen) atoms. The number of hydrogen-bond acceptors (Lipinski definition) is 2. The molecule has 1 N–H and O–H groups in total. The van der Waals surface area contributed by atoms with Crippen molar-refractivity contribution in [2.24, 2.45) is 7.05 Å². The number of carboxylic acid groups (broad SMARTS) is 1. The van der Waals surface area contributed by atoms with Crippen LogP contribution >= 0.6 is 0 Å². The monoisotopic (exact) mass is 309 g/mol. The highest BCUT2D eigenvalue weighted by molar-refractivity contribution is 5.75. The third kappa shape index (κ3) is 3.18. The number of aryl methyl sites for hydroxylation is 1. The van der Waals surface area contributed by atoms with Crippen LogP contribution in [0.25, 0.3) is 11.0 Å². The Morgan fingerprint density at radius 3 is 2.43 bits per heavy atom. The van der Waals surface area contributed by atoms with Crippen LogP contribution in [0.2, 0.25) is 0 Å². The molecule has 0 unspecified atom stereocenters. The molecule has 1 heterocycles. The van der Waals surface area contributed by atoms with Gasteiger partial charge in [0, 0.05) is 27.1 Å². The fraction of sp³-hybridized carbons (Fsp3) is 0.222. The molecule has 0 atom stereocenters. The fourth-order valence-corrected chi connectivity index (χ4v) is 2.64. The first-order valence-corrected chi connectivity index (χ1v) is 7.47. The van der Waals surface area contributed by atoms with E-state index in [4.69, 9.17) is 5.11 Å². The number of fused-ring (bicyclic) bond motifs is 1. The number of aromatic nitrogens is 2. The van der Waals surface area contributed by atoms with E-state index in [1.165, 1.54) is 4.90 Å². The van der Waals surface area contributed by atoms with Gasteiger partial charge in [0.15, 0.2) is 0 Å². The number of carbonyl (C=O) groups is 1. The van der Waals surface area contributed by atoms with E-state index in [9.17, 15) is 4.79 Å². The molecule has 5 nitrogen and oxygen atoms in total. The summed E-state index contributed by atoms with van der Waals surface area (Å²) in [5.41, 5.74) is 4.26. The summed E-state index contributed by atoms with van der Waals surface area (Å²) >= 11 is 0. The first kappa shape index (κ1) is 15.1. The van der Waals surface area contributed by atoms with Gasteiger partial charge in [0.25, 0.3) is 0 Å². The van der Waals surface area contributed by atoms with Crippen LogP contribution in [0.3, 0.4) is 0 Å². The van der Waals surface area contributed by atoms with Crippen LogP contribution in [0.4, 0.5) is 4.79 Å². The van der Waals surface area contributed by atoms with Crippen molar-refractivity contribution in [2.75, 3.05) is 7.05 Å². The largest absolute Gasteiger partial charge is 0.465 e. The van der Waals surface area contributed by atoms with Crippen molar-refractivity contribution in [3.63, 3.8) is 0 Å². The molecule has 0 saturated carbocycles. The van der Waals surface area contributed by atoms with Crippen LogP contribution in [0.1, 0.15) is 17.0 Å². The Hall–Kier alpha value is -2.82. The Labute approximate surface area is 134 Å². The van der Waals surface area contributed by atoms with Gasteiger partial charge in [-0.2, -0.15) is 0 Å². The Morgan fingerprint density at radius 1 is 1.13 bits per heavy atom. The number of amides is 1. The highest BCUT2D eigenvalue weighted by atomic mass is 16.4. The zero-order valence-corrected chi connectivity index (χ0v) is 13.2. The molecule has 0 spiro atoms. The minimum Gasteiger partial charge on any atom is -0.465 e. The number of hydrogen-bond donors (Lipinski definition) is 1. The van der Waals surface area contributed by atoms with E-state index in [1.807, 2.05) is 49.5 Å². The predicted molar refractivity (Wildman–Crippen MR) is 89.5 cm³/mol. The molecule has 0 aliphatic carbocycles. The third-order valence-electron chi connectivity index (χ3n) is 4.01. The SMILES string of the molecule is CN(Cc1ccc(Cc2nc3ccccc3n2C)cc1)C(=O)O. The maximum atomic E-state index is 10.8. The van der Waals surface area contributed by atoms with Gasteiger partial charge >= 0.3 is 6.09 Å². The van der Waals surface area contributed by atoms with Crippen LogP contribution < -0.4 is 0 Å². The van der Waals surface area contributed by atoms with Crippen LogP contribution in [0, 0.1) is 0 Å². The van der Waals surface area contributed by atoms with Crippen molar-refractivity contribution in [3.8, 4) is 0 Å². The van der Waals surface area contributed by atoms with Crippen molar-refractivity contribution in [1.29, 1.82) is 0 Å². The predicted octanol–water partition coefficient (Wildman–Crippen LogP) is 3.27. The van der Waals surface area contributed by atoms with E-state index >= 15 is 0 Å². The molecular weight excluding hydrogens is 290 g/mol. The van der Waals surface area contributed by atoms with Crippen molar-refractivity contribution in [3.05, 3.63) is 65.5 Å². The Balaban J connectivity index is 1.77. The van der Waals surface area contributed by atoms with Gasteiger partial charge in [-0.3, -0.25) is 0 Å². The van der Waals surface area contributed by atoms with Gasteiger partial charge in [-0.15, -0.1) is 0 Å². The van der Waals surface area contributed by atoms with Crippen LogP contribution in [-0.2, 0) is 20.0 Å². The Morgan fingerprint density at radius 2 is 1.78 bits per heavy atom. The van der Waals surface area contributed by atoms with Crippen molar-refractivity contribution >= 4 is 17.1 Å². The summed E-state index contributed by atoms with van der Waals surface area (Å²) in [5, 5.41) is 8.91. The van der Waals surface area contributed by atoms with Crippen molar-refractivity contribution in [2.45, 2.75) is 13.0 Å². The van der Waals surface area contributed by atoms with Crippen LogP contribution in [0.5, 0.6) is 0 Å². The minimum atomic E-state index is -0.922. The van der Waals surface area contributed by atoms with E-state index in [-0.39, 0.29) is 0 Å². The summed E-state index contributed by atoms with van der Waals surface area (Å²) in [4.78, 5) is 16.8. The molecule has 0 saturated heterocycles. The number of imidazole rings is 1. The molecule has 0 radical (unpaired) electrons. The molecule has 1 amide bonds. The second-order valence-corrected chi connectivity index (χ2v) is 5.71. The maximum absolute atomic E-state index is 10.8. The molecule has 0 bridgehead atoms. The average Bonchev–Trinajstić information content (AvgIpc) is 2.86. The maximum Gasteiger partial charge on any atom is 0.407 e. The summed E-state index contributed by atoms with van der Waals surface area (Å²) in [6.45, 7) is 0.391. The highest BCUT2D eigenvalue weighted by Gasteiger charge is 2.09. The quantitative estimate of drug-likeness (QED) is 0.804. The van der Waals surface area contributed by atoms with Gasteiger partial charge in [0.05, 0.1) is 11.0 Å². The van der Waals surface area contributed by atoms with E-state index in [2.05, 4.69) is 15.6 Å². The van der Waals surface area contributed by atoms with Crippen molar-refractivity contribution in [1.82, 2.24) is 14.5 Å². The van der Waals surface area contributed by atoms with E-state index in [0.717, 1.165) is 34.4 Å². The first-order chi connectivity index (χ1) is 11.0. The van der Waals surface area contributed by atoms with Gasteiger partial charge in [0.2, 0.25) is 0 Å². The molecule has 0 aliphatic heterocycles. The average molecular weight is 309 g/mol. The van der Waals surface area contributed by atoms with Gasteiger partial charge in [-0.05, 0) is 23.3 Å². The summed E-state index contributed by atoms with van der Waals surface area (Å²) in [5.74, 6) is 1.02. The number of para-hydroxylation sites is 2. The standard InChI is InChI=1S/C18H19N3O2/c1-20(18(22)23)12-14-9-7-13(8-10-14)11-17-19-15-5-3-4-6-16(15)21(17)2/h3-10H,11-12H2,1-2H3,(H,22,23). The lowest BCUT2D eigenvalue weighted by Gasteiger charge is -2.13. The molecule has 3 aromatic rings. The summed E-state index contributed by atoms with van der Waals surface area (Å²) in [6, 6.07) is 16.1. The fourth-order valence-electron chi connectivity index (χ4n) is 2.64. The minimum absolute atomic E-state index is 0.391. The lowest BCUT2D eigenvalue weighted by atomic mass is 10.1. The topological polar surface area (TPSA) is 58.4 Å². The third-order valence-corrected chi connectivity index (χ3v) is 4.01. The second-order valence-electron chi connectivity index (χ2n) is 5.71. The summed E-state index contributed by atoms with van der Waals surface area (Å²) < 4.78 is 2.11. The lowest BCUT2D eigenvalue weighted by molar-refractivity contribution is 0.154. The van der Waals surface area contributed by atoms with E-state index in [0.29, 0.717) is 6.54 Å². The van der Waals surface area contributed by atoms with Gasteiger partial charge in [-0.25, -0.2) is 9.78 Å². The van der Waals surface area contributed by atoms with E-state index < -0.39 is 6.09 Å². The molecule has 0 aliphatic rings. The smallest absolute Gasteiger partial charge is 0.407 e. The van der Waals surface area contributed by atoms with E-state index in [1.54, 1.807) is 7.05 Å². The molecule has 1 aromatic heterocycles. The van der Waals surface area contributed by atoms with Gasteiger partial charge in [-0.1, -0.05) is 36.4 Å². The molecule has 3 rings (SSSR count). The molecule has 5 heteroatoms.